The van der Waals surface area contributed by atoms with Gasteiger partial charge in [-0.3, -0.25) is 0 Å². The Labute approximate surface area is 69.8 Å². The van der Waals surface area contributed by atoms with Gasteiger partial charge in [0.05, 0.1) is 13.8 Å². The average Bonchev–Trinajstić information content (AvgIpc) is 2.32. The molecule has 0 saturated carbocycles. The van der Waals surface area contributed by atoms with Gasteiger partial charge in [-0.25, -0.2) is 9.97 Å². The minimum Gasteiger partial charge on any atom is -0.358 e. The van der Waals surface area contributed by atoms with Crippen LogP contribution in [0.5, 0.6) is 0 Å². The van der Waals surface area contributed by atoms with Gasteiger partial charge in [0, 0.05) is 6.17 Å². The SMILES string of the molecule is [2H]c1nc(Br)c2[nH]c([2H])c([2H])c2n1. The molecule has 2 aromatic heterocycles. The summed E-state index contributed by atoms with van der Waals surface area (Å²) >= 11 is 3.13. The van der Waals surface area contributed by atoms with Crippen LogP contribution in [0.15, 0.2) is 23.1 Å². The van der Waals surface area contributed by atoms with Crippen molar-refractivity contribution < 1.29 is 4.11 Å². The number of hydrogen-bond acceptors (Lipinski definition) is 2. The number of rotatable bonds is 0. The van der Waals surface area contributed by atoms with Gasteiger partial charge in [-0.15, -0.1) is 0 Å². The average molecular weight is 201 g/mol. The molecule has 0 aromatic carbocycles. The third kappa shape index (κ3) is 0.724. The molecular weight excluding hydrogens is 194 g/mol. The molecule has 0 aliphatic heterocycles. The molecule has 10 heavy (non-hydrogen) atoms. The molecule has 0 aliphatic rings. The smallest absolute Gasteiger partial charge is 0.133 e. The fourth-order valence-electron chi connectivity index (χ4n) is 0.683. The molecule has 2 heterocycles. The second-order valence-electron chi connectivity index (χ2n) is 1.71. The first-order chi connectivity index (χ1) is 6.09. The number of aromatic amines is 1. The summed E-state index contributed by atoms with van der Waals surface area (Å²) in [4.78, 5) is 10.1. The fraction of sp³-hybridized carbons (Fsp3) is 0. The molecular formula is C6H4BrN3. The van der Waals surface area contributed by atoms with E-state index in [1.54, 1.807) is 0 Å². The van der Waals surface area contributed by atoms with Crippen molar-refractivity contribution in [2.75, 3.05) is 0 Å². The van der Waals surface area contributed by atoms with Gasteiger partial charge in [0.2, 0.25) is 0 Å². The highest BCUT2D eigenvalue weighted by Gasteiger charge is 1.98. The van der Waals surface area contributed by atoms with Crippen molar-refractivity contribution in [1.82, 2.24) is 15.0 Å². The van der Waals surface area contributed by atoms with Gasteiger partial charge in [-0.05, 0) is 22.0 Å². The lowest BCUT2D eigenvalue weighted by atomic mass is 10.5. The second kappa shape index (κ2) is 2.05. The molecule has 0 bridgehead atoms. The van der Waals surface area contributed by atoms with Gasteiger partial charge in [-0.1, -0.05) is 0 Å². The molecule has 0 fully saturated rings. The maximum atomic E-state index is 7.45. The van der Waals surface area contributed by atoms with Crippen molar-refractivity contribution in [3.8, 4) is 0 Å². The van der Waals surface area contributed by atoms with Crippen molar-refractivity contribution in [1.29, 1.82) is 0 Å². The highest BCUT2D eigenvalue weighted by molar-refractivity contribution is 9.10. The van der Waals surface area contributed by atoms with Crippen molar-refractivity contribution in [3.63, 3.8) is 0 Å². The van der Waals surface area contributed by atoms with Crippen LogP contribution in [-0.4, -0.2) is 15.0 Å². The van der Waals surface area contributed by atoms with E-state index in [1.807, 2.05) is 0 Å². The van der Waals surface area contributed by atoms with Gasteiger partial charge in [0.15, 0.2) is 0 Å². The van der Waals surface area contributed by atoms with E-state index in [4.69, 9.17) is 4.11 Å². The number of halogens is 1. The summed E-state index contributed by atoms with van der Waals surface area (Å²) in [7, 11) is 0. The van der Waals surface area contributed by atoms with Gasteiger partial charge in [0.25, 0.3) is 0 Å². The number of nitrogens with zero attached hydrogens (tertiary/aromatic N) is 2. The predicted octanol–water partition coefficient (Wildman–Crippen LogP) is 1.72. The number of aromatic nitrogens is 3. The van der Waals surface area contributed by atoms with Crippen molar-refractivity contribution in [2.24, 2.45) is 0 Å². The Balaban J connectivity index is 2.94. The van der Waals surface area contributed by atoms with Crippen LogP contribution in [0.25, 0.3) is 11.0 Å². The molecule has 0 radical (unpaired) electrons. The van der Waals surface area contributed by atoms with E-state index in [0.717, 1.165) is 0 Å². The largest absolute Gasteiger partial charge is 0.358 e. The Hall–Kier alpha value is -0.900. The Morgan fingerprint density at radius 2 is 2.50 bits per heavy atom. The van der Waals surface area contributed by atoms with E-state index >= 15 is 0 Å². The molecule has 0 aliphatic carbocycles. The molecule has 0 amide bonds. The van der Waals surface area contributed by atoms with Crippen LogP contribution >= 0.6 is 15.9 Å². The van der Waals surface area contributed by atoms with Crippen LogP contribution in [0.4, 0.5) is 0 Å². The first-order valence-electron chi connectivity index (χ1n) is 4.08. The summed E-state index contributed by atoms with van der Waals surface area (Å²) < 4.78 is 22.4. The summed E-state index contributed by atoms with van der Waals surface area (Å²) in [5.74, 6) is 0. The molecule has 4 heteroatoms. The molecule has 0 saturated heterocycles. The Kier molecular flexibility index (Phi) is 0.715. The van der Waals surface area contributed by atoms with E-state index in [9.17, 15) is 0 Å². The zero-order valence-electron chi connectivity index (χ0n) is 7.77. The Morgan fingerprint density at radius 3 is 3.40 bits per heavy atom. The number of hydrogen-bond donors (Lipinski definition) is 1. The lowest BCUT2D eigenvalue weighted by molar-refractivity contribution is 1.19. The zero-order chi connectivity index (χ0) is 9.59. The molecule has 1 N–H and O–H groups in total. The standard InChI is InChI=1S/C6H4BrN3/c7-6-5-4(1-2-8-5)9-3-10-6/h1-3,8H/i1D,2D,3D. The Bertz CT molecular complexity index is 481. The predicted molar refractivity (Wildman–Crippen MR) is 41.6 cm³/mol. The first kappa shape index (κ1) is 3.48. The molecule has 0 atom stereocenters. The molecule has 3 nitrogen and oxygen atoms in total. The Morgan fingerprint density at radius 1 is 1.60 bits per heavy atom. The second-order valence-corrected chi connectivity index (χ2v) is 2.46. The van der Waals surface area contributed by atoms with E-state index in [2.05, 4.69) is 30.9 Å². The molecule has 2 aromatic rings. The van der Waals surface area contributed by atoms with E-state index in [0.29, 0.717) is 15.6 Å². The first-order valence-corrected chi connectivity index (χ1v) is 3.38. The number of nitrogens with one attached hydrogen (secondary N) is 1. The van der Waals surface area contributed by atoms with Crippen LogP contribution in [0.1, 0.15) is 4.11 Å². The van der Waals surface area contributed by atoms with Crippen LogP contribution in [-0.2, 0) is 0 Å². The summed E-state index contributed by atoms with van der Waals surface area (Å²) in [6, 6.07) is -0.00778. The summed E-state index contributed by atoms with van der Waals surface area (Å²) in [6.07, 6.45) is -0.178. The van der Waals surface area contributed by atoms with Crippen molar-refractivity contribution >= 4 is 27.0 Å². The monoisotopic (exact) mass is 200 g/mol. The van der Waals surface area contributed by atoms with Gasteiger partial charge >= 0.3 is 0 Å². The molecule has 0 spiro atoms. The highest BCUT2D eigenvalue weighted by Crippen LogP contribution is 2.16. The molecule has 50 valence electrons. The van der Waals surface area contributed by atoms with Gasteiger partial charge < -0.3 is 4.98 Å². The lowest BCUT2D eigenvalue weighted by Gasteiger charge is -1.88. The number of fused-ring (bicyclic) bond motifs is 1. The van der Waals surface area contributed by atoms with Crippen LogP contribution in [0, 0.1) is 0 Å². The van der Waals surface area contributed by atoms with Crippen LogP contribution in [0.3, 0.4) is 0 Å². The zero-order valence-corrected chi connectivity index (χ0v) is 6.36. The van der Waals surface area contributed by atoms with E-state index in [1.165, 1.54) is 0 Å². The minimum absolute atomic E-state index is 0.00778. The third-order valence-electron chi connectivity index (χ3n) is 1.12. The highest BCUT2D eigenvalue weighted by atomic mass is 79.9. The van der Waals surface area contributed by atoms with E-state index < -0.39 is 0 Å². The van der Waals surface area contributed by atoms with Crippen LogP contribution in [0.2, 0.25) is 0 Å². The quantitative estimate of drug-likeness (QED) is 0.659. The summed E-state index contributed by atoms with van der Waals surface area (Å²) in [5, 5.41) is 0. The summed E-state index contributed by atoms with van der Waals surface area (Å²) in [6.45, 7) is 0. The summed E-state index contributed by atoms with van der Waals surface area (Å²) in [5.41, 5.74) is 0.794. The third-order valence-corrected chi connectivity index (χ3v) is 1.70. The number of H-pyrrole nitrogens is 1. The van der Waals surface area contributed by atoms with Gasteiger partial charge in [-0.2, -0.15) is 0 Å². The molecule has 2 rings (SSSR count). The van der Waals surface area contributed by atoms with Gasteiger partial charge in [0.1, 0.15) is 12.3 Å². The normalized spacial score (nSPS) is 14.7. The van der Waals surface area contributed by atoms with Crippen molar-refractivity contribution in [2.45, 2.75) is 0 Å². The van der Waals surface area contributed by atoms with Crippen LogP contribution < -0.4 is 0 Å². The lowest BCUT2D eigenvalue weighted by Crippen LogP contribution is -1.79. The molecule has 0 unspecified atom stereocenters. The van der Waals surface area contributed by atoms with E-state index in [-0.39, 0.29) is 18.5 Å². The topological polar surface area (TPSA) is 41.6 Å². The minimum atomic E-state index is -0.160. The maximum absolute atomic E-state index is 7.45. The van der Waals surface area contributed by atoms with Crippen molar-refractivity contribution in [3.05, 3.63) is 23.1 Å². The maximum Gasteiger partial charge on any atom is 0.133 e. The fourth-order valence-corrected chi connectivity index (χ4v) is 1.05.